The summed E-state index contributed by atoms with van der Waals surface area (Å²) in [5.74, 6) is 2.16. The van der Waals surface area contributed by atoms with Gasteiger partial charge in [0.15, 0.2) is 11.6 Å². The summed E-state index contributed by atoms with van der Waals surface area (Å²) in [6.45, 7) is 8.07. The Labute approximate surface area is 212 Å². The maximum absolute atomic E-state index is 4.99. The number of anilines is 2. The molecule has 7 heteroatoms. The van der Waals surface area contributed by atoms with Gasteiger partial charge in [-0.25, -0.2) is 9.97 Å². The summed E-state index contributed by atoms with van der Waals surface area (Å²) in [6.07, 6.45) is 8.38. The van der Waals surface area contributed by atoms with Crippen molar-refractivity contribution in [3.8, 4) is 22.5 Å². The highest BCUT2D eigenvalue weighted by Gasteiger charge is 2.23. The zero-order chi connectivity index (χ0) is 24.5. The Bertz CT molecular complexity index is 1340. The largest absolute Gasteiger partial charge is 0.363 e. The Morgan fingerprint density at radius 3 is 2.58 bits per heavy atom. The van der Waals surface area contributed by atoms with Crippen LogP contribution in [0.5, 0.6) is 0 Å². The quantitative estimate of drug-likeness (QED) is 0.384. The molecule has 0 atom stereocenters. The topological polar surface area (TPSA) is 70.9 Å². The maximum atomic E-state index is 4.99. The molecule has 4 heterocycles. The lowest BCUT2D eigenvalue weighted by molar-refractivity contribution is 0.343. The molecule has 0 radical (unpaired) electrons. The number of piperidine rings is 1. The van der Waals surface area contributed by atoms with Crippen LogP contribution in [-0.2, 0) is 6.54 Å². The average Bonchev–Trinajstić information content (AvgIpc) is 3.57. The first-order valence-electron chi connectivity index (χ1n) is 12.9. The third-order valence-electron chi connectivity index (χ3n) is 7.30. The van der Waals surface area contributed by atoms with Gasteiger partial charge in [-0.15, -0.1) is 0 Å². The van der Waals surface area contributed by atoms with Gasteiger partial charge in [-0.2, -0.15) is 5.10 Å². The van der Waals surface area contributed by atoms with Crippen LogP contribution in [0.15, 0.2) is 67.1 Å². The minimum absolute atomic E-state index is 0.414. The van der Waals surface area contributed by atoms with Crippen molar-refractivity contribution in [2.75, 3.05) is 30.0 Å². The minimum atomic E-state index is 0.414. The van der Waals surface area contributed by atoms with Crippen LogP contribution in [-0.4, -0.2) is 39.5 Å². The van der Waals surface area contributed by atoms with Gasteiger partial charge in [-0.1, -0.05) is 62.4 Å². The summed E-state index contributed by atoms with van der Waals surface area (Å²) in [6, 6.07) is 17.8. The second-order valence-corrected chi connectivity index (χ2v) is 10.1. The Balaban J connectivity index is 1.19. The van der Waals surface area contributed by atoms with Crippen LogP contribution in [0.3, 0.4) is 0 Å². The molecule has 2 aromatic heterocycles. The van der Waals surface area contributed by atoms with E-state index in [0.717, 1.165) is 62.0 Å². The van der Waals surface area contributed by atoms with Crippen LogP contribution in [0.25, 0.3) is 22.5 Å². The van der Waals surface area contributed by atoms with Crippen molar-refractivity contribution in [3.63, 3.8) is 0 Å². The van der Waals surface area contributed by atoms with Crippen LogP contribution in [0.1, 0.15) is 49.8 Å². The molecule has 184 valence electrons. The van der Waals surface area contributed by atoms with Crippen molar-refractivity contribution in [1.82, 2.24) is 25.1 Å². The van der Waals surface area contributed by atoms with Crippen molar-refractivity contribution in [2.45, 2.75) is 45.2 Å². The molecule has 1 saturated heterocycles. The van der Waals surface area contributed by atoms with E-state index in [9.17, 15) is 0 Å². The van der Waals surface area contributed by atoms with Crippen molar-refractivity contribution in [1.29, 1.82) is 0 Å². The molecular formula is C29H33N7. The predicted molar refractivity (Wildman–Crippen MR) is 145 cm³/mol. The molecule has 2 N–H and O–H groups in total. The van der Waals surface area contributed by atoms with Crippen LogP contribution in [0, 0.1) is 0 Å². The molecule has 2 aliphatic heterocycles. The maximum Gasteiger partial charge on any atom is 0.161 e. The first-order valence-corrected chi connectivity index (χ1v) is 12.9. The highest BCUT2D eigenvalue weighted by Crippen LogP contribution is 2.34. The van der Waals surface area contributed by atoms with Crippen molar-refractivity contribution in [2.24, 2.45) is 0 Å². The molecule has 6 rings (SSSR count). The normalized spacial score (nSPS) is 15.8. The molecule has 0 bridgehead atoms. The standard InChI is InChI=1S/C29H33N7/c1-20(2)25-5-3-4-6-26(25)28-31-16-27-29(34-28)35(19-32-27)17-21-7-9-22(10-8-21)23-15-33-36(18-23)24-11-13-30-14-12-24/h3-10,15-16,18,20,24,30,32H,11-14,17,19H2,1-2H3. The van der Waals surface area contributed by atoms with Crippen LogP contribution >= 0.6 is 0 Å². The number of fused-ring (bicyclic) bond motifs is 1. The molecule has 4 aromatic rings. The van der Waals surface area contributed by atoms with Crippen molar-refractivity contribution < 1.29 is 0 Å². The number of rotatable bonds is 6. The number of aromatic nitrogens is 4. The highest BCUT2D eigenvalue weighted by molar-refractivity contribution is 5.73. The van der Waals surface area contributed by atoms with Gasteiger partial charge < -0.3 is 15.5 Å². The van der Waals surface area contributed by atoms with Gasteiger partial charge in [-0.3, -0.25) is 4.68 Å². The van der Waals surface area contributed by atoms with E-state index >= 15 is 0 Å². The van der Waals surface area contributed by atoms with E-state index in [0.29, 0.717) is 12.0 Å². The molecular weight excluding hydrogens is 446 g/mol. The Kier molecular flexibility index (Phi) is 6.15. The molecule has 0 spiro atoms. The molecule has 7 nitrogen and oxygen atoms in total. The van der Waals surface area contributed by atoms with E-state index < -0.39 is 0 Å². The Morgan fingerprint density at radius 2 is 1.78 bits per heavy atom. The number of hydrogen-bond donors (Lipinski definition) is 2. The lowest BCUT2D eigenvalue weighted by atomic mass is 9.97. The van der Waals surface area contributed by atoms with Gasteiger partial charge in [0.1, 0.15) is 0 Å². The third-order valence-corrected chi connectivity index (χ3v) is 7.30. The molecule has 2 aliphatic rings. The first kappa shape index (κ1) is 22.7. The van der Waals surface area contributed by atoms with E-state index in [4.69, 9.17) is 4.98 Å². The number of benzene rings is 2. The number of nitrogens with one attached hydrogen (secondary N) is 2. The van der Waals surface area contributed by atoms with Gasteiger partial charge in [0, 0.05) is 23.9 Å². The molecule has 0 amide bonds. The molecule has 36 heavy (non-hydrogen) atoms. The van der Waals surface area contributed by atoms with Crippen LogP contribution in [0.2, 0.25) is 0 Å². The highest BCUT2D eigenvalue weighted by atomic mass is 15.3. The van der Waals surface area contributed by atoms with Gasteiger partial charge >= 0.3 is 0 Å². The summed E-state index contributed by atoms with van der Waals surface area (Å²) < 4.78 is 2.14. The fourth-order valence-corrected chi connectivity index (χ4v) is 5.24. The fraction of sp³-hybridized carbons (Fsp3) is 0.345. The molecule has 0 saturated carbocycles. The number of nitrogens with zero attached hydrogens (tertiary/aromatic N) is 5. The molecule has 0 aliphatic carbocycles. The van der Waals surface area contributed by atoms with Crippen LogP contribution in [0.4, 0.5) is 11.5 Å². The fourth-order valence-electron chi connectivity index (χ4n) is 5.24. The zero-order valence-corrected chi connectivity index (χ0v) is 21.0. The van der Waals surface area contributed by atoms with Gasteiger partial charge in [0.05, 0.1) is 30.8 Å². The zero-order valence-electron chi connectivity index (χ0n) is 21.0. The van der Waals surface area contributed by atoms with Crippen molar-refractivity contribution >= 4 is 11.5 Å². The average molecular weight is 480 g/mol. The Morgan fingerprint density at radius 1 is 0.972 bits per heavy atom. The molecule has 1 fully saturated rings. The van der Waals surface area contributed by atoms with Crippen molar-refractivity contribution in [3.05, 3.63) is 78.2 Å². The van der Waals surface area contributed by atoms with Crippen LogP contribution < -0.4 is 15.5 Å². The van der Waals surface area contributed by atoms with E-state index in [1.165, 1.54) is 22.3 Å². The van der Waals surface area contributed by atoms with E-state index in [-0.39, 0.29) is 0 Å². The summed E-state index contributed by atoms with van der Waals surface area (Å²) in [5.41, 5.74) is 7.00. The molecule has 2 aromatic carbocycles. The second-order valence-electron chi connectivity index (χ2n) is 10.1. The van der Waals surface area contributed by atoms with E-state index in [1.807, 2.05) is 12.4 Å². The van der Waals surface area contributed by atoms with E-state index in [2.05, 4.69) is 98.9 Å². The predicted octanol–water partition coefficient (Wildman–Crippen LogP) is 5.44. The van der Waals surface area contributed by atoms with Gasteiger partial charge in [-0.05, 0) is 48.5 Å². The Hall–Kier alpha value is -3.71. The number of hydrogen-bond acceptors (Lipinski definition) is 6. The SMILES string of the molecule is CC(C)c1ccccc1-c1ncc2c(n1)N(Cc1ccc(-c3cnn(C4CCNCC4)c3)cc1)CN2. The minimum Gasteiger partial charge on any atom is -0.363 e. The lowest BCUT2D eigenvalue weighted by Crippen LogP contribution is -2.29. The summed E-state index contributed by atoms with van der Waals surface area (Å²) >= 11 is 0. The van der Waals surface area contributed by atoms with Gasteiger partial charge in [0.2, 0.25) is 0 Å². The van der Waals surface area contributed by atoms with Gasteiger partial charge in [0.25, 0.3) is 0 Å². The smallest absolute Gasteiger partial charge is 0.161 e. The first-order chi connectivity index (χ1) is 17.7. The monoisotopic (exact) mass is 479 g/mol. The molecule has 0 unspecified atom stereocenters. The van der Waals surface area contributed by atoms with E-state index in [1.54, 1.807) is 0 Å². The third kappa shape index (κ3) is 4.46. The summed E-state index contributed by atoms with van der Waals surface area (Å²) in [7, 11) is 0. The lowest BCUT2D eigenvalue weighted by Gasteiger charge is -2.22. The second kappa shape index (κ2) is 9.74. The summed E-state index contributed by atoms with van der Waals surface area (Å²) in [4.78, 5) is 11.9. The summed E-state index contributed by atoms with van der Waals surface area (Å²) in [5, 5.41) is 11.5.